The van der Waals surface area contributed by atoms with Crippen LogP contribution in [0.2, 0.25) is 0 Å². The molecule has 1 aliphatic rings. The van der Waals surface area contributed by atoms with Gasteiger partial charge in [-0.3, -0.25) is 4.79 Å². The summed E-state index contributed by atoms with van der Waals surface area (Å²) in [5.41, 5.74) is 1.40. The van der Waals surface area contributed by atoms with Crippen molar-refractivity contribution in [3.63, 3.8) is 0 Å². The predicted molar refractivity (Wildman–Crippen MR) is 98.6 cm³/mol. The molecule has 0 saturated carbocycles. The van der Waals surface area contributed by atoms with Crippen molar-refractivity contribution in [2.45, 2.75) is 19.4 Å². The summed E-state index contributed by atoms with van der Waals surface area (Å²) in [6.45, 7) is 4.64. The van der Waals surface area contributed by atoms with Gasteiger partial charge in [0, 0.05) is 16.9 Å². The summed E-state index contributed by atoms with van der Waals surface area (Å²) in [6.07, 6.45) is 1.07. The Balaban J connectivity index is 1.41. The minimum Gasteiger partial charge on any atom is -0.493 e. The Morgan fingerprint density at radius 2 is 2.12 bits per heavy atom. The van der Waals surface area contributed by atoms with E-state index < -0.39 is 0 Å². The lowest BCUT2D eigenvalue weighted by Crippen LogP contribution is -3.14. The number of methoxy groups -OCH3 is 1. The molecular weight excluding hydrogens is 336 g/mol. The molecule has 1 amide bonds. The van der Waals surface area contributed by atoms with E-state index in [1.807, 2.05) is 35.6 Å². The average Bonchev–Trinajstić information content (AvgIpc) is 3.11. The maximum absolute atomic E-state index is 12.2. The molecule has 0 spiro atoms. The molecule has 6 heteroatoms. The van der Waals surface area contributed by atoms with E-state index in [0.717, 1.165) is 13.0 Å². The van der Waals surface area contributed by atoms with Crippen LogP contribution in [0.25, 0.3) is 0 Å². The lowest BCUT2D eigenvalue weighted by molar-refractivity contribution is -0.924. The van der Waals surface area contributed by atoms with E-state index >= 15 is 0 Å². The van der Waals surface area contributed by atoms with E-state index in [-0.39, 0.29) is 5.91 Å². The van der Waals surface area contributed by atoms with Crippen LogP contribution in [-0.2, 0) is 11.2 Å². The summed E-state index contributed by atoms with van der Waals surface area (Å²) in [4.78, 5) is 15.0. The summed E-state index contributed by atoms with van der Waals surface area (Å²) in [5, 5.41) is 5.11. The average molecular weight is 361 g/mol. The van der Waals surface area contributed by atoms with E-state index in [9.17, 15) is 4.79 Å². The lowest BCUT2D eigenvalue weighted by Gasteiger charge is -2.29. The number of hydrogen-bond donors (Lipinski definition) is 2. The van der Waals surface area contributed by atoms with Crippen molar-refractivity contribution in [3.05, 3.63) is 46.2 Å². The highest BCUT2D eigenvalue weighted by Crippen LogP contribution is 2.25. The quantitative estimate of drug-likeness (QED) is 0.734. The fourth-order valence-corrected chi connectivity index (χ4v) is 4.23. The monoisotopic (exact) mass is 361 g/mol. The van der Waals surface area contributed by atoms with E-state index in [0.29, 0.717) is 37.2 Å². The van der Waals surface area contributed by atoms with Crippen LogP contribution in [0.3, 0.4) is 0 Å². The zero-order chi connectivity index (χ0) is 17.6. The van der Waals surface area contributed by atoms with E-state index in [2.05, 4.69) is 23.7 Å². The van der Waals surface area contributed by atoms with Gasteiger partial charge in [0.1, 0.15) is 12.6 Å². The van der Waals surface area contributed by atoms with Crippen LogP contribution in [0.5, 0.6) is 11.5 Å². The Labute approximate surface area is 152 Å². The molecule has 1 unspecified atom stereocenters. The third kappa shape index (κ3) is 4.32. The lowest BCUT2D eigenvalue weighted by atomic mass is 10.0. The molecule has 1 aromatic heterocycles. The first kappa shape index (κ1) is 17.8. The Hall–Kier alpha value is -2.05. The van der Waals surface area contributed by atoms with Crippen molar-refractivity contribution in [3.8, 4) is 11.5 Å². The zero-order valence-electron chi connectivity index (χ0n) is 14.7. The van der Waals surface area contributed by atoms with Gasteiger partial charge in [0.05, 0.1) is 20.2 Å². The zero-order valence-corrected chi connectivity index (χ0v) is 15.5. The number of amides is 1. The SMILES string of the molecule is COc1ccccc1OCCNC(=O)C[NH+]1CCc2sccc2[C@@H]1C. The molecule has 2 N–H and O–H groups in total. The molecule has 2 heterocycles. The first-order valence-corrected chi connectivity index (χ1v) is 9.50. The Morgan fingerprint density at radius 1 is 1.32 bits per heavy atom. The number of benzene rings is 1. The number of quaternary nitrogens is 1. The molecule has 3 rings (SSSR count). The largest absolute Gasteiger partial charge is 0.493 e. The summed E-state index contributed by atoms with van der Waals surface area (Å²) < 4.78 is 10.9. The maximum atomic E-state index is 12.2. The van der Waals surface area contributed by atoms with Crippen molar-refractivity contribution in [1.29, 1.82) is 0 Å². The summed E-state index contributed by atoms with van der Waals surface area (Å²) >= 11 is 1.83. The van der Waals surface area contributed by atoms with Crippen molar-refractivity contribution in [2.75, 3.05) is 33.4 Å². The predicted octanol–water partition coefficient (Wildman–Crippen LogP) is 1.45. The van der Waals surface area contributed by atoms with Gasteiger partial charge in [-0.1, -0.05) is 12.1 Å². The van der Waals surface area contributed by atoms with Crippen LogP contribution in [0.1, 0.15) is 23.4 Å². The van der Waals surface area contributed by atoms with Crippen LogP contribution in [0, 0.1) is 0 Å². The van der Waals surface area contributed by atoms with Crippen molar-refractivity contribution in [1.82, 2.24) is 5.32 Å². The van der Waals surface area contributed by atoms with Crippen molar-refractivity contribution >= 4 is 17.2 Å². The van der Waals surface area contributed by atoms with Crippen molar-refractivity contribution in [2.24, 2.45) is 0 Å². The highest BCUT2D eigenvalue weighted by Gasteiger charge is 2.29. The molecule has 0 fully saturated rings. The van der Waals surface area contributed by atoms with Crippen LogP contribution >= 0.6 is 11.3 Å². The number of carbonyl (C=O) groups is 1. The van der Waals surface area contributed by atoms with Crippen LogP contribution in [-0.4, -0.2) is 39.3 Å². The van der Waals surface area contributed by atoms with Crippen LogP contribution in [0.4, 0.5) is 0 Å². The molecule has 2 atom stereocenters. The van der Waals surface area contributed by atoms with E-state index in [4.69, 9.17) is 9.47 Å². The van der Waals surface area contributed by atoms with E-state index in [1.165, 1.54) is 15.3 Å². The Kier molecular flexibility index (Phi) is 5.94. The Bertz CT molecular complexity index is 716. The third-order valence-electron chi connectivity index (χ3n) is 4.67. The van der Waals surface area contributed by atoms with Gasteiger partial charge >= 0.3 is 0 Å². The smallest absolute Gasteiger partial charge is 0.275 e. The third-order valence-corrected chi connectivity index (χ3v) is 5.67. The van der Waals surface area contributed by atoms with Gasteiger partial charge in [-0.25, -0.2) is 0 Å². The number of carbonyl (C=O) groups excluding carboxylic acids is 1. The number of para-hydroxylation sites is 2. The number of thiophene rings is 1. The molecule has 5 nitrogen and oxygen atoms in total. The summed E-state index contributed by atoms with van der Waals surface area (Å²) in [7, 11) is 1.62. The Morgan fingerprint density at radius 3 is 2.92 bits per heavy atom. The van der Waals surface area contributed by atoms with Gasteiger partial charge in [-0.05, 0) is 30.5 Å². The maximum Gasteiger partial charge on any atom is 0.275 e. The number of fused-ring (bicyclic) bond motifs is 1. The fraction of sp³-hybridized carbons (Fsp3) is 0.421. The van der Waals surface area contributed by atoms with E-state index in [1.54, 1.807) is 7.11 Å². The molecular formula is C19H25N2O3S+. The second-order valence-corrected chi connectivity index (χ2v) is 7.21. The van der Waals surface area contributed by atoms with Crippen LogP contribution in [0.15, 0.2) is 35.7 Å². The molecule has 1 aromatic carbocycles. The molecule has 2 aromatic rings. The minimum atomic E-state index is 0.0733. The summed E-state index contributed by atoms with van der Waals surface area (Å²) in [5.74, 6) is 1.47. The number of hydrogen-bond acceptors (Lipinski definition) is 4. The second-order valence-electron chi connectivity index (χ2n) is 6.21. The van der Waals surface area contributed by atoms with Crippen LogP contribution < -0.4 is 19.7 Å². The van der Waals surface area contributed by atoms with Gasteiger partial charge in [0.2, 0.25) is 0 Å². The normalized spacial score (nSPS) is 19.1. The first-order chi connectivity index (χ1) is 12.2. The van der Waals surface area contributed by atoms with Gasteiger partial charge in [0.15, 0.2) is 18.0 Å². The van der Waals surface area contributed by atoms with Gasteiger partial charge < -0.3 is 19.7 Å². The molecule has 1 aliphatic heterocycles. The molecule has 0 radical (unpaired) electrons. The fourth-order valence-electron chi connectivity index (χ4n) is 3.25. The number of nitrogens with one attached hydrogen (secondary N) is 2. The van der Waals surface area contributed by atoms with Gasteiger partial charge in [-0.2, -0.15) is 0 Å². The standard InChI is InChI=1S/C19H24N2O3S/c1-14-15-8-12-25-18(15)7-10-21(14)13-19(22)20-9-11-24-17-6-4-3-5-16(17)23-2/h3-6,8,12,14H,7,9-11,13H2,1-2H3,(H,20,22)/p+1/t14-/m0/s1. The van der Waals surface area contributed by atoms with Gasteiger partial charge in [-0.15, -0.1) is 11.3 Å². The number of rotatable bonds is 7. The molecule has 0 saturated heterocycles. The summed E-state index contributed by atoms with van der Waals surface area (Å²) in [6, 6.07) is 10.1. The molecule has 25 heavy (non-hydrogen) atoms. The highest BCUT2D eigenvalue weighted by atomic mass is 32.1. The molecule has 0 aliphatic carbocycles. The number of ether oxygens (including phenoxy) is 2. The molecule has 0 bridgehead atoms. The molecule has 134 valence electrons. The van der Waals surface area contributed by atoms with Crippen molar-refractivity contribution < 1.29 is 19.2 Å². The first-order valence-electron chi connectivity index (χ1n) is 8.62. The second kappa shape index (κ2) is 8.36. The van der Waals surface area contributed by atoms with Gasteiger partial charge in [0.25, 0.3) is 5.91 Å². The highest BCUT2D eigenvalue weighted by molar-refractivity contribution is 7.10. The minimum absolute atomic E-state index is 0.0733. The topological polar surface area (TPSA) is 52.0 Å².